The molecule has 0 aliphatic carbocycles. The number of amides is 4. The van der Waals surface area contributed by atoms with Gasteiger partial charge in [-0.15, -0.1) is 0 Å². The predicted molar refractivity (Wildman–Crippen MR) is 106 cm³/mol. The molecule has 1 aromatic carbocycles. The van der Waals surface area contributed by atoms with Crippen LogP contribution in [-0.2, 0) is 25.6 Å². The van der Waals surface area contributed by atoms with E-state index in [1.807, 2.05) is 44.2 Å². The number of primary amides is 1. The molecule has 5 N–H and O–H groups in total. The van der Waals surface area contributed by atoms with Gasteiger partial charge in [0.05, 0.1) is 6.54 Å². The zero-order chi connectivity index (χ0) is 21.3. The van der Waals surface area contributed by atoms with Gasteiger partial charge in [-0.3, -0.25) is 19.2 Å². The number of nitrogens with two attached hydrogens (primary N) is 1. The second kappa shape index (κ2) is 11.1. The van der Waals surface area contributed by atoms with E-state index in [2.05, 4.69) is 16.0 Å². The maximum atomic E-state index is 12.8. The number of carbonyl (C=O) groups is 4. The monoisotopic (exact) mass is 390 g/mol. The van der Waals surface area contributed by atoms with Crippen LogP contribution in [0.3, 0.4) is 0 Å². The fourth-order valence-electron chi connectivity index (χ4n) is 2.47. The summed E-state index contributed by atoms with van der Waals surface area (Å²) in [5.41, 5.74) is 5.92. The molecule has 0 spiro atoms. The Balaban J connectivity index is 2.94. The molecule has 2 atom stereocenters. The first-order chi connectivity index (χ1) is 13.1. The lowest BCUT2D eigenvalue weighted by molar-refractivity contribution is -0.134. The standard InChI is InChI=1S/C20H30N4O4/c1-12(2)17(24-18(26)13(3)4)20(28)23-15(19(27)22-11-16(21)25)10-14-8-6-5-7-9-14/h5-9,12-13,15,17H,10-11H2,1-4H3,(H2,21,25)(H,22,27)(H,23,28)(H,24,26)/t15-,17-/m0/s1. The van der Waals surface area contributed by atoms with E-state index in [-0.39, 0.29) is 30.7 Å². The summed E-state index contributed by atoms with van der Waals surface area (Å²) in [4.78, 5) is 48.3. The van der Waals surface area contributed by atoms with Crippen molar-refractivity contribution >= 4 is 23.6 Å². The molecule has 0 aliphatic rings. The van der Waals surface area contributed by atoms with Crippen LogP contribution in [0.25, 0.3) is 0 Å². The fourth-order valence-corrected chi connectivity index (χ4v) is 2.47. The lowest BCUT2D eigenvalue weighted by Gasteiger charge is -2.26. The van der Waals surface area contributed by atoms with Crippen molar-refractivity contribution in [2.75, 3.05) is 6.54 Å². The molecule has 28 heavy (non-hydrogen) atoms. The van der Waals surface area contributed by atoms with Gasteiger partial charge in [-0.25, -0.2) is 0 Å². The van der Waals surface area contributed by atoms with Crippen molar-refractivity contribution < 1.29 is 19.2 Å². The van der Waals surface area contributed by atoms with Gasteiger partial charge in [-0.1, -0.05) is 58.0 Å². The van der Waals surface area contributed by atoms with Crippen LogP contribution in [0, 0.1) is 11.8 Å². The second-order valence-corrected chi connectivity index (χ2v) is 7.32. The third-order valence-corrected chi connectivity index (χ3v) is 4.12. The third kappa shape index (κ3) is 7.77. The van der Waals surface area contributed by atoms with Crippen LogP contribution < -0.4 is 21.7 Å². The Hall–Kier alpha value is -2.90. The van der Waals surface area contributed by atoms with E-state index < -0.39 is 29.8 Å². The smallest absolute Gasteiger partial charge is 0.243 e. The number of nitrogens with one attached hydrogen (secondary N) is 3. The summed E-state index contributed by atoms with van der Waals surface area (Å²) < 4.78 is 0. The Morgan fingerprint density at radius 2 is 1.50 bits per heavy atom. The Labute approximate surface area is 165 Å². The molecule has 1 aromatic rings. The lowest BCUT2D eigenvalue weighted by atomic mass is 10.00. The number of benzene rings is 1. The van der Waals surface area contributed by atoms with Crippen LogP contribution in [0.2, 0.25) is 0 Å². The predicted octanol–water partition coefficient (Wildman–Crippen LogP) is 0.112. The number of carbonyl (C=O) groups excluding carboxylic acids is 4. The van der Waals surface area contributed by atoms with Crippen molar-refractivity contribution in [3.8, 4) is 0 Å². The zero-order valence-corrected chi connectivity index (χ0v) is 16.8. The normalized spacial score (nSPS) is 12.9. The highest BCUT2D eigenvalue weighted by Crippen LogP contribution is 2.07. The number of hydrogen-bond donors (Lipinski definition) is 4. The lowest BCUT2D eigenvalue weighted by Crippen LogP contribution is -2.56. The Morgan fingerprint density at radius 3 is 2.00 bits per heavy atom. The summed E-state index contributed by atoms with van der Waals surface area (Å²) in [6, 6.07) is 7.48. The summed E-state index contributed by atoms with van der Waals surface area (Å²) in [6.07, 6.45) is 0.236. The fraction of sp³-hybridized carbons (Fsp3) is 0.500. The molecule has 0 unspecified atom stereocenters. The van der Waals surface area contributed by atoms with Gasteiger partial charge < -0.3 is 21.7 Å². The van der Waals surface area contributed by atoms with Crippen molar-refractivity contribution in [3.63, 3.8) is 0 Å². The van der Waals surface area contributed by atoms with Gasteiger partial charge in [-0.05, 0) is 11.5 Å². The van der Waals surface area contributed by atoms with Crippen molar-refractivity contribution in [1.29, 1.82) is 0 Å². The van der Waals surface area contributed by atoms with Crippen LogP contribution >= 0.6 is 0 Å². The minimum atomic E-state index is -0.911. The average Bonchev–Trinajstić information content (AvgIpc) is 2.63. The van der Waals surface area contributed by atoms with E-state index in [1.54, 1.807) is 13.8 Å². The Kier molecular flexibility index (Phi) is 9.14. The molecular weight excluding hydrogens is 360 g/mol. The molecule has 4 amide bonds. The summed E-state index contributed by atoms with van der Waals surface area (Å²) in [6.45, 7) is 6.77. The van der Waals surface area contributed by atoms with Gasteiger partial charge in [0, 0.05) is 12.3 Å². The first kappa shape index (κ1) is 23.1. The van der Waals surface area contributed by atoms with E-state index in [0.717, 1.165) is 5.56 Å². The minimum absolute atomic E-state index is 0.172. The average molecular weight is 390 g/mol. The molecule has 8 heteroatoms. The molecule has 154 valence electrons. The van der Waals surface area contributed by atoms with Crippen molar-refractivity contribution in [3.05, 3.63) is 35.9 Å². The molecule has 1 rings (SSSR count). The second-order valence-electron chi connectivity index (χ2n) is 7.32. The maximum absolute atomic E-state index is 12.8. The SMILES string of the molecule is CC(C)C(=O)N[C@H](C(=O)N[C@@H](Cc1ccccc1)C(=O)NCC(N)=O)C(C)C. The molecule has 0 bridgehead atoms. The number of rotatable bonds is 10. The van der Waals surface area contributed by atoms with Crippen LogP contribution in [0.1, 0.15) is 33.3 Å². The molecule has 0 aliphatic heterocycles. The topological polar surface area (TPSA) is 130 Å². The molecule has 0 aromatic heterocycles. The highest BCUT2D eigenvalue weighted by atomic mass is 16.2. The summed E-state index contributed by atoms with van der Waals surface area (Å²) in [7, 11) is 0. The van der Waals surface area contributed by atoms with Crippen molar-refractivity contribution in [2.45, 2.75) is 46.2 Å². The molecule has 0 radical (unpaired) electrons. The highest BCUT2D eigenvalue weighted by molar-refractivity contribution is 5.93. The summed E-state index contributed by atoms with van der Waals surface area (Å²) >= 11 is 0. The van der Waals surface area contributed by atoms with Crippen molar-refractivity contribution in [1.82, 2.24) is 16.0 Å². The molecule has 0 heterocycles. The van der Waals surface area contributed by atoms with E-state index in [0.29, 0.717) is 0 Å². The van der Waals surface area contributed by atoms with Gasteiger partial charge in [0.1, 0.15) is 12.1 Å². The van der Waals surface area contributed by atoms with E-state index in [4.69, 9.17) is 5.73 Å². The Morgan fingerprint density at radius 1 is 0.893 bits per heavy atom. The van der Waals surface area contributed by atoms with E-state index in [1.165, 1.54) is 0 Å². The summed E-state index contributed by atoms with van der Waals surface area (Å²) in [5.74, 6) is -2.34. The van der Waals surface area contributed by atoms with Crippen LogP contribution in [-0.4, -0.2) is 42.3 Å². The van der Waals surface area contributed by atoms with E-state index in [9.17, 15) is 19.2 Å². The molecule has 0 fully saturated rings. The van der Waals surface area contributed by atoms with Crippen LogP contribution in [0.5, 0.6) is 0 Å². The van der Waals surface area contributed by atoms with Gasteiger partial charge >= 0.3 is 0 Å². The highest BCUT2D eigenvalue weighted by Gasteiger charge is 2.29. The largest absolute Gasteiger partial charge is 0.368 e. The maximum Gasteiger partial charge on any atom is 0.243 e. The number of hydrogen-bond acceptors (Lipinski definition) is 4. The van der Waals surface area contributed by atoms with Gasteiger partial charge in [0.15, 0.2) is 0 Å². The third-order valence-electron chi connectivity index (χ3n) is 4.12. The molecule has 8 nitrogen and oxygen atoms in total. The first-order valence-corrected chi connectivity index (χ1v) is 9.32. The van der Waals surface area contributed by atoms with Crippen molar-refractivity contribution in [2.24, 2.45) is 17.6 Å². The van der Waals surface area contributed by atoms with E-state index >= 15 is 0 Å². The molecular formula is C20H30N4O4. The van der Waals surface area contributed by atoms with Gasteiger partial charge in [0.2, 0.25) is 23.6 Å². The molecule has 0 saturated heterocycles. The quantitative estimate of drug-likeness (QED) is 0.452. The van der Waals surface area contributed by atoms with Gasteiger partial charge in [-0.2, -0.15) is 0 Å². The molecule has 0 saturated carbocycles. The first-order valence-electron chi connectivity index (χ1n) is 9.32. The summed E-state index contributed by atoms with van der Waals surface area (Å²) in [5, 5.41) is 7.83. The van der Waals surface area contributed by atoms with Crippen LogP contribution in [0.15, 0.2) is 30.3 Å². The van der Waals surface area contributed by atoms with Crippen LogP contribution in [0.4, 0.5) is 0 Å². The zero-order valence-electron chi connectivity index (χ0n) is 16.8. The minimum Gasteiger partial charge on any atom is -0.368 e. The van der Waals surface area contributed by atoms with Gasteiger partial charge in [0.25, 0.3) is 0 Å². The Bertz CT molecular complexity index is 689.